The number of rotatable bonds is 3. The predicted octanol–water partition coefficient (Wildman–Crippen LogP) is 4.16. The Labute approximate surface area is 124 Å². The van der Waals surface area contributed by atoms with Crippen molar-refractivity contribution in [3.8, 4) is 0 Å². The van der Waals surface area contributed by atoms with Crippen LogP contribution in [0.2, 0.25) is 0 Å². The quantitative estimate of drug-likeness (QED) is 0.882. The monoisotopic (exact) mass is 368 g/mol. The van der Waals surface area contributed by atoms with E-state index in [9.17, 15) is 0 Å². The minimum absolute atomic E-state index is 0.0152. The number of benzene rings is 1. The van der Waals surface area contributed by atoms with Crippen molar-refractivity contribution in [2.45, 2.75) is 19.4 Å². The maximum absolute atomic E-state index is 6.28. The highest BCUT2D eigenvalue weighted by atomic mass is 79.9. The Hall–Kier alpha value is -0.710. The number of pyridine rings is 1. The zero-order chi connectivity index (χ0) is 13.1. The molecule has 0 aliphatic heterocycles. The van der Waals surface area contributed by atoms with E-state index >= 15 is 0 Å². The number of hydrogen-bond acceptors (Lipinski definition) is 2. The van der Waals surface area contributed by atoms with Crippen LogP contribution < -0.4 is 5.73 Å². The van der Waals surface area contributed by atoms with Gasteiger partial charge in [0.25, 0.3) is 0 Å². The number of aromatic nitrogens is 1. The molecule has 1 atom stereocenters. The normalized spacial score (nSPS) is 12.4. The van der Waals surface area contributed by atoms with Crippen molar-refractivity contribution in [1.82, 2.24) is 4.98 Å². The first-order chi connectivity index (χ1) is 8.56. The molecule has 0 amide bonds. The zero-order valence-electron chi connectivity index (χ0n) is 10.0. The summed E-state index contributed by atoms with van der Waals surface area (Å²) in [5, 5.41) is 0. The first-order valence-electron chi connectivity index (χ1n) is 5.67. The van der Waals surface area contributed by atoms with Crippen LogP contribution in [-0.2, 0) is 6.42 Å². The van der Waals surface area contributed by atoms with E-state index in [1.165, 1.54) is 11.1 Å². The topological polar surface area (TPSA) is 38.9 Å². The van der Waals surface area contributed by atoms with E-state index < -0.39 is 0 Å². The third kappa shape index (κ3) is 3.40. The van der Waals surface area contributed by atoms with Gasteiger partial charge in [0.2, 0.25) is 0 Å². The first kappa shape index (κ1) is 13.7. The van der Waals surface area contributed by atoms with Gasteiger partial charge in [-0.05, 0) is 64.2 Å². The molecule has 1 heterocycles. The molecule has 18 heavy (non-hydrogen) atoms. The SMILES string of the molecule is Cc1ccc(Br)cc1C(N)Cc1cncc(Br)c1. The van der Waals surface area contributed by atoms with E-state index in [0.29, 0.717) is 0 Å². The summed E-state index contributed by atoms with van der Waals surface area (Å²) in [5.74, 6) is 0. The molecule has 1 unspecified atom stereocenters. The predicted molar refractivity (Wildman–Crippen MR) is 81.4 cm³/mol. The lowest BCUT2D eigenvalue weighted by atomic mass is 9.97. The van der Waals surface area contributed by atoms with Gasteiger partial charge in [0, 0.05) is 27.4 Å². The van der Waals surface area contributed by atoms with Gasteiger partial charge in [-0.25, -0.2) is 0 Å². The van der Waals surface area contributed by atoms with Crippen molar-refractivity contribution in [2.75, 3.05) is 0 Å². The summed E-state index contributed by atoms with van der Waals surface area (Å²) in [6.07, 6.45) is 4.42. The molecule has 0 aliphatic carbocycles. The van der Waals surface area contributed by atoms with Crippen molar-refractivity contribution in [3.63, 3.8) is 0 Å². The Morgan fingerprint density at radius 1 is 1.17 bits per heavy atom. The Morgan fingerprint density at radius 2 is 1.94 bits per heavy atom. The van der Waals surface area contributed by atoms with E-state index in [1.54, 1.807) is 6.20 Å². The van der Waals surface area contributed by atoms with E-state index in [1.807, 2.05) is 12.3 Å². The lowest BCUT2D eigenvalue weighted by Gasteiger charge is -2.15. The lowest BCUT2D eigenvalue weighted by molar-refractivity contribution is 0.713. The molecule has 1 aromatic carbocycles. The molecule has 0 radical (unpaired) electrons. The van der Waals surface area contributed by atoms with Crippen LogP contribution >= 0.6 is 31.9 Å². The third-order valence-electron chi connectivity index (χ3n) is 2.86. The van der Waals surface area contributed by atoms with Gasteiger partial charge in [-0.15, -0.1) is 0 Å². The van der Waals surface area contributed by atoms with Crippen molar-refractivity contribution >= 4 is 31.9 Å². The number of halogens is 2. The van der Waals surface area contributed by atoms with Gasteiger partial charge in [0.1, 0.15) is 0 Å². The van der Waals surface area contributed by atoms with Crippen molar-refractivity contribution in [2.24, 2.45) is 5.73 Å². The summed E-state index contributed by atoms with van der Waals surface area (Å²) in [7, 11) is 0. The first-order valence-corrected chi connectivity index (χ1v) is 7.26. The molecule has 0 aliphatic rings. The summed E-state index contributed by atoms with van der Waals surface area (Å²) in [6, 6.07) is 8.24. The highest BCUT2D eigenvalue weighted by Gasteiger charge is 2.10. The lowest BCUT2D eigenvalue weighted by Crippen LogP contribution is -2.14. The fourth-order valence-corrected chi connectivity index (χ4v) is 2.73. The third-order valence-corrected chi connectivity index (χ3v) is 3.78. The maximum atomic E-state index is 6.28. The highest BCUT2D eigenvalue weighted by molar-refractivity contribution is 9.10. The van der Waals surface area contributed by atoms with E-state index in [4.69, 9.17) is 5.73 Å². The molecule has 2 rings (SSSR count). The fourth-order valence-electron chi connectivity index (χ4n) is 1.94. The Balaban J connectivity index is 2.21. The molecule has 0 bridgehead atoms. The second-order valence-corrected chi connectivity index (χ2v) is 6.15. The van der Waals surface area contributed by atoms with Crippen molar-refractivity contribution < 1.29 is 0 Å². The molecule has 0 saturated heterocycles. The number of aryl methyl sites for hydroxylation is 1. The standard InChI is InChI=1S/C14H14Br2N2/c1-9-2-3-11(15)6-13(9)14(17)5-10-4-12(16)8-18-7-10/h2-4,6-8,14H,5,17H2,1H3. The van der Waals surface area contributed by atoms with Gasteiger partial charge in [-0.1, -0.05) is 22.0 Å². The van der Waals surface area contributed by atoms with Crippen LogP contribution in [0.3, 0.4) is 0 Å². The molecule has 0 saturated carbocycles. The van der Waals surface area contributed by atoms with Crippen LogP contribution in [0.1, 0.15) is 22.7 Å². The molecule has 2 N–H and O–H groups in total. The maximum Gasteiger partial charge on any atom is 0.0410 e. The number of nitrogens with zero attached hydrogens (tertiary/aromatic N) is 1. The van der Waals surface area contributed by atoms with Gasteiger partial charge in [0.15, 0.2) is 0 Å². The average molecular weight is 370 g/mol. The molecular weight excluding hydrogens is 356 g/mol. The Kier molecular flexibility index (Phi) is 4.54. The van der Waals surface area contributed by atoms with Gasteiger partial charge < -0.3 is 5.73 Å². The summed E-state index contributed by atoms with van der Waals surface area (Å²) in [4.78, 5) is 4.16. The van der Waals surface area contributed by atoms with E-state index in [0.717, 1.165) is 20.9 Å². The smallest absolute Gasteiger partial charge is 0.0410 e. The molecule has 0 fully saturated rings. The van der Waals surface area contributed by atoms with Gasteiger partial charge in [-0.2, -0.15) is 0 Å². The summed E-state index contributed by atoms with van der Waals surface area (Å²) in [6.45, 7) is 2.08. The summed E-state index contributed by atoms with van der Waals surface area (Å²) in [5.41, 5.74) is 9.81. The largest absolute Gasteiger partial charge is 0.324 e. The molecular formula is C14H14Br2N2. The second-order valence-electron chi connectivity index (χ2n) is 4.32. The van der Waals surface area contributed by atoms with Gasteiger partial charge >= 0.3 is 0 Å². The molecule has 1 aromatic heterocycles. The van der Waals surface area contributed by atoms with Gasteiger partial charge in [-0.3, -0.25) is 4.98 Å². The number of nitrogens with two attached hydrogens (primary N) is 1. The molecule has 4 heteroatoms. The second kappa shape index (κ2) is 5.95. The highest BCUT2D eigenvalue weighted by Crippen LogP contribution is 2.24. The van der Waals surface area contributed by atoms with E-state index in [2.05, 4.69) is 62.0 Å². The Bertz CT molecular complexity index is 555. The fraction of sp³-hybridized carbons (Fsp3) is 0.214. The van der Waals surface area contributed by atoms with Gasteiger partial charge in [0.05, 0.1) is 0 Å². The molecule has 0 spiro atoms. The molecule has 2 aromatic rings. The summed E-state index contributed by atoms with van der Waals surface area (Å²) >= 11 is 6.91. The number of hydrogen-bond donors (Lipinski definition) is 1. The molecule has 2 nitrogen and oxygen atoms in total. The minimum Gasteiger partial charge on any atom is -0.324 e. The van der Waals surface area contributed by atoms with Crippen LogP contribution in [0.15, 0.2) is 45.6 Å². The average Bonchev–Trinajstić information content (AvgIpc) is 2.32. The van der Waals surface area contributed by atoms with Crippen LogP contribution in [-0.4, -0.2) is 4.98 Å². The van der Waals surface area contributed by atoms with Crippen LogP contribution in [0.4, 0.5) is 0 Å². The minimum atomic E-state index is -0.0152. The van der Waals surface area contributed by atoms with Crippen LogP contribution in [0.25, 0.3) is 0 Å². The zero-order valence-corrected chi connectivity index (χ0v) is 13.2. The van der Waals surface area contributed by atoms with E-state index in [-0.39, 0.29) is 6.04 Å². The van der Waals surface area contributed by atoms with Crippen molar-refractivity contribution in [3.05, 3.63) is 62.3 Å². The Morgan fingerprint density at radius 3 is 2.67 bits per heavy atom. The van der Waals surface area contributed by atoms with Crippen molar-refractivity contribution in [1.29, 1.82) is 0 Å². The van der Waals surface area contributed by atoms with Crippen LogP contribution in [0, 0.1) is 6.92 Å². The van der Waals surface area contributed by atoms with Crippen LogP contribution in [0.5, 0.6) is 0 Å². The summed E-state index contributed by atoms with van der Waals surface area (Å²) < 4.78 is 2.05. The molecule has 94 valence electrons.